The van der Waals surface area contributed by atoms with Crippen LogP contribution in [0.25, 0.3) is 0 Å². The van der Waals surface area contributed by atoms with Crippen molar-refractivity contribution in [1.82, 2.24) is 10.6 Å². The zero-order valence-electron chi connectivity index (χ0n) is 11.5. The summed E-state index contributed by atoms with van der Waals surface area (Å²) < 4.78 is 5.01. The van der Waals surface area contributed by atoms with E-state index in [0.29, 0.717) is 12.0 Å². The molecule has 17 heavy (non-hydrogen) atoms. The molecule has 4 heteroatoms. The van der Waals surface area contributed by atoms with E-state index < -0.39 is 0 Å². The number of hydrogen-bond donors (Lipinski definition) is 2. The van der Waals surface area contributed by atoms with Gasteiger partial charge in [0.2, 0.25) is 0 Å². The van der Waals surface area contributed by atoms with E-state index in [2.05, 4.69) is 22.5 Å². The molecule has 1 aliphatic rings. The third-order valence-electron chi connectivity index (χ3n) is 3.87. The Balaban J connectivity index is 2.31. The molecule has 0 amide bonds. The second-order valence-corrected chi connectivity index (χ2v) is 4.91. The summed E-state index contributed by atoms with van der Waals surface area (Å²) in [5.74, 6) is 0.891. The highest BCUT2D eigenvalue weighted by Gasteiger charge is 2.31. The molecule has 100 valence electrons. The highest BCUT2D eigenvalue weighted by atomic mass is 16.5. The summed E-state index contributed by atoms with van der Waals surface area (Å²) in [5.41, 5.74) is 0.499. The van der Waals surface area contributed by atoms with Crippen molar-refractivity contribution in [2.45, 2.75) is 39.0 Å². The highest BCUT2D eigenvalue weighted by Crippen LogP contribution is 2.40. The maximum atomic E-state index is 5.01. The van der Waals surface area contributed by atoms with Gasteiger partial charge in [0.15, 0.2) is 5.96 Å². The fourth-order valence-electron chi connectivity index (χ4n) is 2.54. The van der Waals surface area contributed by atoms with Crippen LogP contribution in [-0.2, 0) is 4.74 Å². The summed E-state index contributed by atoms with van der Waals surface area (Å²) in [6.45, 7) is 4.85. The quantitative estimate of drug-likeness (QED) is 0.423. The lowest BCUT2D eigenvalue weighted by Gasteiger charge is -2.28. The lowest BCUT2D eigenvalue weighted by molar-refractivity contribution is 0.203. The minimum atomic E-state index is 0.499. The summed E-state index contributed by atoms with van der Waals surface area (Å²) >= 11 is 0. The topological polar surface area (TPSA) is 45.7 Å². The molecule has 0 atom stereocenters. The number of methoxy groups -OCH3 is 1. The highest BCUT2D eigenvalue weighted by molar-refractivity contribution is 5.79. The first-order valence-electron chi connectivity index (χ1n) is 6.70. The van der Waals surface area contributed by atoms with Crippen LogP contribution >= 0.6 is 0 Å². The van der Waals surface area contributed by atoms with Gasteiger partial charge in [0, 0.05) is 27.2 Å². The molecule has 1 rings (SSSR count). The van der Waals surface area contributed by atoms with Gasteiger partial charge in [0.25, 0.3) is 0 Å². The Hall–Kier alpha value is -0.770. The van der Waals surface area contributed by atoms with Crippen molar-refractivity contribution in [3.05, 3.63) is 0 Å². The number of ether oxygens (including phenoxy) is 1. The number of rotatable bonds is 6. The average Bonchev–Trinajstić information content (AvgIpc) is 2.83. The smallest absolute Gasteiger partial charge is 0.191 e. The summed E-state index contributed by atoms with van der Waals surface area (Å²) in [5, 5.41) is 6.69. The molecule has 0 radical (unpaired) electrons. The first-order chi connectivity index (χ1) is 8.26. The summed E-state index contributed by atoms with van der Waals surface area (Å²) in [4.78, 5) is 4.23. The average molecular weight is 241 g/mol. The molecule has 0 heterocycles. The fraction of sp³-hybridized carbons (Fsp3) is 0.923. The van der Waals surface area contributed by atoms with Crippen LogP contribution in [0.15, 0.2) is 4.99 Å². The molecule has 0 bridgehead atoms. The predicted molar refractivity (Wildman–Crippen MR) is 72.4 cm³/mol. The molecule has 4 nitrogen and oxygen atoms in total. The zero-order chi connectivity index (χ0) is 12.6. The standard InChI is InChI=1S/C13H27N3O/c1-4-13(7-5-6-8-13)11-16-12(14-2)15-9-10-17-3/h4-11H2,1-3H3,(H2,14,15,16). The Morgan fingerprint density at radius 1 is 1.29 bits per heavy atom. The van der Waals surface area contributed by atoms with E-state index in [1.807, 2.05) is 7.05 Å². The number of hydrogen-bond acceptors (Lipinski definition) is 2. The number of guanidine groups is 1. The number of nitrogens with one attached hydrogen (secondary N) is 2. The monoisotopic (exact) mass is 241 g/mol. The lowest BCUT2D eigenvalue weighted by Crippen LogP contribution is -2.43. The van der Waals surface area contributed by atoms with Gasteiger partial charge in [-0.3, -0.25) is 4.99 Å². The van der Waals surface area contributed by atoms with Crippen LogP contribution in [0.4, 0.5) is 0 Å². The maximum Gasteiger partial charge on any atom is 0.191 e. The van der Waals surface area contributed by atoms with Crippen molar-refractivity contribution in [1.29, 1.82) is 0 Å². The minimum absolute atomic E-state index is 0.499. The molecule has 1 saturated carbocycles. The van der Waals surface area contributed by atoms with Crippen LogP contribution in [0, 0.1) is 5.41 Å². The van der Waals surface area contributed by atoms with Crippen molar-refractivity contribution in [2.24, 2.45) is 10.4 Å². The molecule has 0 aliphatic heterocycles. The lowest BCUT2D eigenvalue weighted by atomic mass is 9.83. The Labute approximate surface area is 105 Å². The molecule has 1 fully saturated rings. The number of aliphatic imine (C=N–C) groups is 1. The van der Waals surface area contributed by atoms with Gasteiger partial charge in [-0.1, -0.05) is 19.8 Å². The molecule has 0 aromatic carbocycles. The second kappa shape index (κ2) is 7.54. The first kappa shape index (κ1) is 14.3. The van der Waals surface area contributed by atoms with Crippen molar-refractivity contribution in [2.75, 3.05) is 33.9 Å². The van der Waals surface area contributed by atoms with Gasteiger partial charge in [-0.05, 0) is 24.7 Å². The Morgan fingerprint density at radius 2 is 2.00 bits per heavy atom. The predicted octanol–water partition coefficient (Wildman–Crippen LogP) is 1.77. The van der Waals surface area contributed by atoms with Crippen LogP contribution in [0.2, 0.25) is 0 Å². The molecule has 0 aromatic rings. The van der Waals surface area contributed by atoms with Crippen molar-refractivity contribution in [3.63, 3.8) is 0 Å². The largest absolute Gasteiger partial charge is 0.383 e. The van der Waals surface area contributed by atoms with Gasteiger partial charge in [-0.15, -0.1) is 0 Å². The first-order valence-corrected chi connectivity index (χ1v) is 6.70. The van der Waals surface area contributed by atoms with Gasteiger partial charge in [-0.25, -0.2) is 0 Å². The van der Waals surface area contributed by atoms with E-state index >= 15 is 0 Å². The molecular formula is C13H27N3O. The third kappa shape index (κ3) is 4.54. The molecule has 2 N–H and O–H groups in total. The Bertz CT molecular complexity index is 235. The van der Waals surface area contributed by atoms with Crippen molar-refractivity contribution in [3.8, 4) is 0 Å². The molecule has 1 aliphatic carbocycles. The molecule has 0 unspecified atom stereocenters. The molecular weight excluding hydrogens is 214 g/mol. The second-order valence-electron chi connectivity index (χ2n) is 4.91. The van der Waals surface area contributed by atoms with E-state index in [1.54, 1.807) is 7.11 Å². The van der Waals surface area contributed by atoms with Crippen molar-refractivity contribution < 1.29 is 4.74 Å². The SMILES string of the molecule is CCC1(CNC(=NC)NCCOC)CCCC1. The zero-order valence-corrected chi connectivity index (χ0v) is 11.5. The molecule has 0 aromatic heterocycles. The van der Waals surface area contributed by atoms with E-state index in [1.165, 1.54) is 32.1 Å². The van der Waals surface area contributed by atoms with Gasteiger partial charge in [-0.2, -0.15) is 0 Å². The van der Waals surface area contributed by atoms with Crippen LogP contribution in [0.1, 0.15) is 39.0 Å². The van der Waals surface area contributed by atoms with Crippen LogP contribution in [0.5, 0.6) is 0 Å². The number of nitrogens with zero attached hydrogens (tertiary/aromatic N) is 1. The molecule has 0 spiro atoms. The van der Waals surface area contributed by atoms with E-state index in [-0.39, 0.29) is 0 Å². The van der Waals surface area contributed by atoms with Gasteiger partial charge in [0.1, 0.15) is 0 Å². The van der Waals surface area contributed by atoms with E-state index in [4.69, 9.17) is 4.74 Å². The Morgan fingerprint density at radius 3 is 2.53 bits per heavy atom. The minimum Gasteiger partial charge on any atom is -0.383 e. The molecule has 0 saturated heterocycles. The van der Waals surface area contributed by atoms with Crippen LogP contribution < -0.4 is 10.6 Å². The summed E-state index contributed by atoms with van der Waals surface area (Å²) in [6, 6.07) is 0. The van der Waals surface area contributed by atoms with Crippen LogP contribution in [0.3, 0.4) is 0 Å². The van der Waals surface area contributed by atoms with E-state index in [0.717, 1.165) is 19.0 Å². The normalized spacial score (nSPS) is 19.4. The van der Waals surface area contributed by atoms with Gasteiger partial charge >= 0.3 is 0 Å². The van der Waals surface area contributed by atoms with E-state index in [9.17, 15) is 0 Å². The third-order valence-corrected chi connectivity index (χ3v) is 3.87. The van der Waals surface area contributed by atoms with Gasteiger partial charge in [0.05, 0.1) is 6.61 Å². The summed E-state index contributed by atoms with van der Waals surface area (Å²) in [7, 11) is 3.53. The van der Waals surface area contributed by atoms with Crippen LogP contribution in [-0.4, -0.2) is 39.8 Å². The maximum absolute atomic E-state index is 5.01. The summed E-state index contributed by atoms with van der Waals surface area (Å²) in [6.07, 6.45) is 6.72. The van der Waals surface area contributed by atoms with Crippen molar-refractivity contribution >= 4 is 5.96 Å². The fourth-order valence-corrected chi connectivity index (χ4v) is 2.54. The van der Waals surface area contributed by atoms with Gasteiger partial charge < -0.3 is 15.4 Å². The Kier molecular flexibility index (Phi) is 6.34.